The van der Waals surface area contributed by atoms with Gasteiger partial charge in [0.05, 0.1) is 6.61 Å². The van der Waals surface area contributed by atoms with Crippen molar-refractivity contribution in [1.29, 1.82) is 0 Å². The first-order chi connectivity index (χ1) is 16.5. The van der Waals surface area contributed by atoms with E-state index in [2.05, 4.69) is 0 Å². The van der Waals surface area contributed by atoms with E-state index in [4.69, 9.17) is 4.74 Å². The van der Waals surface area contributed by atoms with E-state index in [1.54, 1.807) is 15.6 Å². The average Bonchev–Trinajstić information content (AvgIpc) is 3.74. The third-order valence-corrected chi connectivity index (χ3v) is 7.96. The van der Waals surface area contributed by atoms with Crippen LogP contribution >= 0.6 is 0 Å². The number of nitrogens with zero attached hydrogens (tertiary/aromatic N) is 3. The topological polar surface area (TPSA) is 75.0 Å². The van der Waals surface area contributed by atoms with E-state index in [1.807, 2.05) is 41.4 Å². The summed E-state index contributed by atoms with van der Waals surface area (Å²) in [5, 5.41) is 12.6. The van der Waals surface area contributed by atoms with E-state index in [9.17, 15) is 14.7 Å². The van der Waals surface area contributed by atoms with Crippen molar-refractivity contribution in [2.45, 2.75) is 24.9 Å². The minimum atomic E-state index is -0.605. The summed E-state index contributed by atoms with van der Waals surface area (Å²) >= 11 is 0. The quantitative estimate of drug-likeness (QED) is 0.606. The summed E-state index contributed by atoms with van der Waals surface area (Å²) in [7, 11) is 0. The van der Waals surface area contributed by atoms with Crippen LogP contribution in [0.25, 0.3) is 0 Å². The summed E-state index contributed by atoms with van der Waals surface area (Å²) < 4.78 is 22.8. The molecule has 2 aromatic carbocycles. The Morgan fingerprint density at radius 2 is 1.85 bits per heavy atom. The average molecular weight is 459 g/mol. The molecule has 2 aliphatic carbocycles. The largest absolute Gasteiger partial charge is 0.502 e. The van der Waals surface area contributed by atoms with Crippen LogP contribution in [0.5, 0.6) is 11.5 Å². The highest BCUT2D eigenvalue weighted by atomic mass is 19.1. The van der Waals surface area contributed by atoms with Crippen LogP contribution in [0, 0.1) is 17.2 Å². The van der Waals surface area contributed by atoms with E-state index in [0.29, 0.717) is 12.2 Å². The van der Waals surface area contributed by atoms with E-state index < -0.39 is 23.0 Å². The van der Waals surface area contributed by atoms with Gasteiger partial charge in [-0.05, 0) is 29.9 Å². The highest BCUT2D eigenvalue weighted by molar-refractivity contribution is 5.96. The van der Waals surface area contributed by atoms with Gasteiger partial charge in [-0.3, -0.25) is 19.3 Å². The minimum Gasteiger partial charge on any atom is -0.502 e. The number of hydrogen-bond acceptors (Lipinski definition) is 5. The molecule has 0 saturated heterocycles. The van der Waals surface area contributed by atoms with Crippen LogP contribution in [0.3, 0.4) is 0 Å². The molecule has 4 aliphatic rings. The molecule has 2 saturated carbocycles. The van der Waals surface area contributed by atoms with Crippen LogP contribution in [0.15, 0.2) is 65.6 Å². The lowest BCUT2D eigenvalue weighted by molar-refractivity contribution is 0.0649. The van der Waals surface area contributed by atoms with Gasteiger partial charge in [0, 0.05) is 29.8 Å². The van der Waals surface area contributed by atoms with Gasteiger partial charge in [0.2, 0.25) is 5.43 Å². The maximum atomic E-state index is 15.2. The molecule has 2 fully saturated rings. The molecule has 7 nitrogen and oxygen atoms in total. The van der Waals surface area contributed by atoms with Crippen molar-refractivity contribution in [3.8, 4) is 11.5 Å². The molecule has 4 atom stereocenters. The van der Waals surface area contributed by atoms with Gasteiger partial charge in [0.15, 0.2) is 23.0 Å². The highest BCUT2D eigenvalue weighted by Gasteiger charge is 2.73. The first kappa shape index (κ1) is 19.6. The molecule has 1 unspecified atom stereocenters. The van der Waals surface area contributed by atoms with Crippen LogP contribution in [-0.4, -0.2) is 39.9 Å². The van der Waals surface area contributed by atoms with E-state index >= 15 is 4.39 Å². The molecule has 1 amide bonds. The van der Waals surface area contributed by atoms with Crippen LogP contribution in [0.2, 0.25) is 0 Å². The lowest BCUT2D eigenvalue weighted by Gasteiger charge is -2.44. The number of aromatic nitrogens is 1. The van der Waals surface area contributed by atoms with Gasteiger partial charge in [-0.15, -0.1) is 0 Å². The summed E-state index contributed by atoms with van der Waals surface area (Å²) in [5.74, 6) is -0.916. The second-order valence-electron chi connectivity index (χ2n) is 9.71. The Balaban J connectivity index is 1.51. The van der Waals surface area contributed by atoms with Gasteiger partial charge in [0.1, 0.15) is 12.7 Å². The third kappa shape index (κ3) is 2.56. The fourth-order valence-electron chi connectivity index (χ4n) is 6.03. The summed E-state index contributed by atoms with van der Waals surface area (Å²) in [6, 6.07) is 15.2. The first-order valence-corrected chi connectivity index (χ1v) is 11.5. The number of pyridine rings is 1. The molecule has 3 aromatic rings. The van der Waals surface area contributed by atoms with Gasteiger partial charge in [-0.1, -0.05) is 42.5 Å². The molecule has 2 bridgehead atoms. The van der Waals surface area contributed by atoms with Crippen molar-refractivity contribution in [1.82, 2.24) is 9.58 Å². The first-order valence-electron chi connectivity index (χ1n) is 11.5. The van der Waals surface area contributed by atoms with Crippen molar-refractivity contribution in [2.75, 3.05) is 18.3 Å². The maximum Gasteiger partial charge on any atom is 0.278 e. The van der Waals surface area contributed by atoms with Crippen LogP contribution in [0.1, 0.15) is 40.5 Å². The lowest BCUT2D eigenvalue weighted by atomic mass is 9.96. The molecule has 7 rings (SSSR count). The van der Waals surface area contributed by atoms with E-state index in [1.165, 1.54) is 18.3 Å². The maximum absolute atomic E-state index is 15.2. The monoisotopic (exact) mass is 459 g/mol. The molecular weight excluding hydrogens is 437 g/mol. The Labute approximate surface area is 194 Å². The van der Waals surface area contributed by atoms with Crippen LogP contribution in [-0.2, 0) is 0 Å². The van der Waals surface area contributed by atoms with Crippen molar-refractivity contribution in [2.24, 2.45) is 11.3 Å². The molecule has 1 spiro atoms. The third-order valence-electron chi connectivity index (χ3n) is 7.96. The predicted octanol–water partition coefficient (Wildman–Crippen LogP) is 3.00. The van der Waals surface area contributed by atoms with Crippen molar-refractivity contribution in [3.63, 3.8) is 0 Å². The minimum absolute atomic E-state index is 0.00189. The molecule has 1 N–H and O–H groups in total. The number of para-hydroxylation sites is 1. The summed E-state index contributed by atoms with van der Waals surface area (Å²) in [6.07, 6.45) is 3.27. The number of amides is 1. The van der Waals surface area contributed by atoms with Crippen molar-refractivity contribution >= 4 is 5.91 Å². The molecule has 1 aromatic heterocycles. The Hall–Kier alpha value is -3.81. The molecule has 34 heavy (non-hydrogen) atoms. The molecule has 172 valence electrons. The number of halogens is 1. The lowest BCUT2D eigenvalue weighted by Crippen LogP contribution is -2.56. The fraction of sp³-hybridized carbons (Fsp3) is 0.308. The molecular formula is C26H22FN3O4. The summed E-state index contributed by atoms with van der Waals surface area (Å²) in [6.45, 7) is 0.632. The number of carbonyl (C=O) groups excluding carboxylic acids is 1. The van der Waals surface area contributed by atoms with Gasteiger partial charge in [0.25, 0.3) is 5.91 Å². The molecule has 0 radical (unpaired) electrons. The number of carbonyl (C=O) groups is 1. The Bertz CT molecular complexity index is 1410. The molecule has 3 heterocycles. The summed E-state index contributed by atoms with van der Waals surface area (Å²) in [4.78, 5) is 27.7. The SMILES string of the molecule is O=C1c2c(O)c(=O)ccn2N2CN1C1C[C@@]13C[C@@H]3COc1c(F)cccc1[C@H]2c1ccccc1. The zero-order valence-electron chi connectivity index (χ0n) is 18.2. The smallest absolute Gasteiger partial charge is 0.278 e. The molecule has 2 aliphatic heterocycles. The number of ether oxygens (including phenoxy) is 1. The van der Waals surface area contributed by atoms with Gasteiger partial charge < -0.3 is 14.7 Å². The number of fused-ring (bicyclic) bond motifs is 6. The van der Waals surface area contributed by atoms with Crippen molar-refractivity contribution < 1.29 is 19.0 Å². The Morgan fingerprint density at radius 3 is 2.68 bits per heavy atom. The zero-order valence-corrected chi connectivity index (χ0v) is 18.2. The fourth-order valence-corrected chi connectivity index (χ4v) is 6.03. The predicted molar refractivity (Wildman–Crippen MR) is 121 cm³/mol. The van der Waals surface area contributed by atoms with Crippen LogP contribution < -0.4 is 15.2 Å². The number of benzene rings is 2. The van der Waals surface area contributed by atoms with E-state index in [0.717, 1.165) is 18.4 Å². The molecule has 8 heteroatoms. The van der Waals surface area contributed by atoms with Crippen LogP contribution in [0.4, 0.5) is 4.39 Å². The normalized spacial score (nSPS) is 28.5. The van der Waals surface area contributed by atoms with Gasteiger partial charge in [-0.2, -0.15) is 0 Å². The summed E-state index contributed by atoms with van der Waals surface area (Å²) in [5.41, 5.74) is 0.802. The number of rotatable bonds is 1. The zero-order chi connectivity index (χ0) is 23.2. The van der Waals surface area contributed by atoms with Crippen molar-refractivity contribution in [3.05, 3.63) is 93.7 Å². The Kier molecular flexibility index (Phi) is 3.82. The number of hydrogen-bond donors (Lipinski definition) is 1. The second-order valence-corrected chi connectivity index (χ2v) is 9.71. The second kappa shape index (κ2) is 6.62. The number of aromatic hydroxyl groups is 1. The highest BCUT2D eigenvalue weighted by Crippen LogP contribution is 2.72. The van der Waals surface area contributed by atoms with Gasteiger partial charge in [-0.25, -0.2) is 4.39 Å². The Morgan fingerprint density at radius 1 is 1.03 bits per heavy atom. The van der Waals surface area contributed by atoms with E-state index in [-0.39, 0.29) is 41.4 Å². The van der Waals surface area contributed by atoms with Gasteiger partial charge >= 0.3 is 0 Å². The standard InChI is InChI=1S/C26H22FN3O4/c27-18-8-4-7-17-21(15-5-2-1-3-6-15)30-14-28(20-12-26(20)11-16(26)13-34-24(17)18)25(33)22-23(32)19(31)9-10-29(22)30/h1-10,16,20-21,32H,11-14H2/t16-,20?,21-,26-/m1/s1.